The van der Waals surface area contributed by atoms with E-state index in [9.17, 15) is 9.59 Å². The van der Waals surface area contributed by atoms with Crippen molar-refractivity contribution in [3.05, 3.63) is 11.6 Å². The quantitative estimate of drug-likeness (QED) is 0.584. The van der Waals surface area contributed by atoms with Gasteiger partial charge in [0.15, 0.2) is 0 Å². The predicted octanol–water partition coefficient (Wildman–Crippen LogP) is 2.59. The van der Waals surface area contributed by atoms with Gasteiger partial charge in [0.1, 0.15) is 0 Å². The monoisotopic (exact) mass is 253 g/mol. The number of carbonyl (C=O) groups is 2. The highest BCUT2D eigenvalue weighted by Gasteiger charge is 2.15. The zero-order chi connectivity index (χ0) is 13.4. The molecule has 1 heterocycles. The maximum absolute atomic E-state index is 11.7. The van der Waals surface area contributed by atoms with Crippen LogP contribution in [0.2, 0.25) is 0 Å². The van der Waals surface area contributed by atoms with Crippen LogP contribution in [0.3, 0.4) is 0 Å². The fraction of sp³-hybridized carbons (Fsp3) is 0.714. The average Bonchev–Trinajstić information content (AvgIpc) is 2.53. The van der Waals surface area contributed by atoms with Crippen molar-refractivity contribution in [1.82, 2.24) is 4.90 Å². The first-order chi connectivity index (χ1) is 8.61. The summed E-state index contributed by atoms with van der Waals surface area (Å²) < 4.78 is 0. The minimum atomic E-state index is -0.849. The number of aliphatic carboxylic acids is 1. The molecule has 1 aliphatic rings. The molecule has 102 valence electrons. The third-order valence-corrected chi connectivity index (χ3v) is 3.34. The lowest BCUT2D eigenvalue weighted by Gasteiger charge is -2.20. The van der Waals surface area contributed by atoms with Gasteiger partial charge in [0.25, 0.3) is 0 Å². The van der Waals surface area contributed by atoms with Gasteiger partial charge in [-0.05, 0) is 39.0 Å². The van der Waals surface area contributed by atoms with Crippen LogP contribution in [0, 0.1) is 0 Å². The van der Waals surface area contributed by atoms with Gasteiger partial charge in [-0.3, -0.25) is 4.79 Å². The number of carbonyl (C=O) groups excluding carboxylic acids is 1. The highest BCUT2D eigenvalue weighted by atomic mass is 16.4. The van der Waals surface area contributed by atoms with Crippen LogP contribution < -0.4 is 0 Å². The van der Waals surface area contributed by atoms with E-state index in [0.29, 0.717) is 12.0 Å². The number of hydrogen-bond acceptors (Lipinski definition) is 2. The molecule has 0 bridgehead atoms. The van der Waals surface area contributed by atoms with Gasteiger partial charge in [-0.25, -0.2) is 4.79 Å². The Morgan fingerprint density at radius 3 is 2.83 bits per heavy atom. The summed E-state index contributed by atoms with van der Waals surface area (Å²) in [5, 5.41) is 8.69. The van der Waals surface area contributed by atoms with Gasteiger partial charge in [0.05, 0.1) is 0 Å². The van der Waals surface area contributed by atoms with Crippen LogP contribution in [0.1, 0.15) is 51.9 Å². The lowest BCUT2D eigenvalue weighted by Crippen LogP contribution is -2.31. The summed E-state index contributed by atoms with van der Waals surface area (Å²) >= 11 is 0. The first-order valence-electron chi connectivity index (χ1n) is 6.79. The Kier molecular flexibility index (Phi) is 6.47. The van der Waals surface area contributed by atoms with Gasteiger partial charge >= 0.3 is 5.97 Å². The molecule has 0 saturated carbocycles. The summed E-state index contributed by atoms with van der Waals surface area (Å²) in [6, 6.07) is 0. The lowest BCUT2D eigenvalue weighted by atomic mass is 10.1. The van der Waals surface area contributed by atoms with Gasteiger partial charge < -0.3 is 10.0 Å². The molecule has 0 aliphatic carbocycles. The van der Waals surface area contributed by atoms with Crippen LogP contribution in [0.25, 0.3) is 0 Å². The molecule has 0 aromatic carbocycles. The second-order valence-electron chi connectivity index (χ2n) is 4.88. The molecule has 1 saturated heterocycles. The van der Waals surface area contributed by atoms with Crippen molar-refractivity contribution in [2.45, 2.75) is 51.9 Å². The summed E-state index contributed by atoms with van der Waals surface area (Å²) in [4.78, 5) is 24.2. The number of carboxylic acids is 1. The van der Waals surface area contributed by atoms with Crippen molar-refractivity contribution in [2.75, 3.05) is 13.1 Å². The van der Waals surface area contributed by atoms with Crippen LogP contribution in [-0.4, -0.2) is 35.0 Å². The zero-order valence-corrected chi connectivity index (χ0v) is 11.2. The van der Waals surface area contributed by atoms with E-state index in [-0.39, 0.29) is 5.91 Å². The van der Waals surface area contributed by atoms with Gasteiger partial charge in [-0.2, -0.15) is 0 Å². The Labute approximate surface area is 109 Å². The van der Waals surface area contributed by atoms with E-state index in [0.717, 1.165) is 51.6 Å². The van der Waals surface area contributed by atoms with Crippen LogP contribution >= 0.6 is 0 Å². The van der Waals surface area contributed by atoms with Crippen molar-refractivity contribution in [3.8, 4) is 0 Å². The third kappa shape index (κ3) is 5.34. The van der Waals surface area contributed by atoms with Crippen LogP contribution in [0.15, 0.2) is 11.6 Å². The molecule has 1 rings (SSSR count). The Morgan fingerprint density at radius 1 is 1.33 bits per heavy atom. The Morgan fingerprint density at radius 2 is 2.11 bits per heavy atom. The maximum atomic E-state index is 11.7. The van der Waals surface area contributed by atoms with Gasteiger partial charge in [0.2, 0.25) is 5.91 Å². The topological polar surface area (TPSA) is 57.6 Å². The Bertz CT molecular complexity index is 323. The van der Waals surface area contributed by atoms with E-state index < -0.39 is 5.97 Å². The first-order valence-corrected chi connectivity index (χ1v) is 6.79. The van der Waals surface area contributed by atoms with Crippen LogP contribution in [0.4, 0.5) is 0 Å². The van der Waals surface area contributed by atoms with Gasteiger partial charge in [0, 0.05) is 25.1 Å². The standard InChI is InChI=1S/C14H23NO3/c1-12(14(17)18)8-4-2-6-10-15-11-7-3-5-9-13(15)16/h8H,2-7,9-11H2,1H3,(H,17,18). The number of likely N-dealkylation sites (tertiary alicyclic amines) is 1. The number of nitrogens with zero attached hydrogens (tertiary/aromatic N) is 1. The third-order valence-electron chi connectivity index (χ3n) is 3.34. The zero-order valence-electron chi connectivity index (χ0n) is 11.2. The summed E-state index contributed by atoms with van der Waals surface area (Å²) in [6.45, 7) is 3.32. The van der Waals surface area contributed by atoms with Crippen molar-refractivity contribution in [1.29, 1.82) is 0 Å². The molecule has 0 aromatic heterocycles. The number of hydrogen-bond donors (Lipinski definition) is 1. The van der Waals surface area contributed by atoms with E-state index in [2.05, 4.69) is 0 Å². The summed E-state index contributed by atoms with van der Waals surface area (Å²) in [7, 11) is 0. The molecule has 4 nitrogen and oxygen atoms in total. The maximum Gasteiger partial charge on any atom is 0.330 e. The molecule has 0 radical (unpaired) electrons. The molecule has 18 heavy (non-hydrogen) atoms. The average molecular weight is 253 g/mol. The number of allylic oxidation sites excluding steroid dienone is 1. The van der Waals surface area contributed by atoms with E-state index in [4.69, 9.17) is 5.11 Å². The molecule has 4 heteroatoms. The minimum Gasteiger partial charge on any atom is -0.478 e. The molecule has 1 fully saturated rings. The molecule has 0 spiro atoms. The molecule has 0 atom stereocenters. The SMILES string of the molecule is CC(=CCCCCN1CCCCCC1=O)C(=O)O. The van der Waals surface area contributed by atoms with Crippen molar-refractivity contribution >= 4 is 11.9 Å². The van der Waals surface area contributed by atoms with Gasteiger partial charge in [-0.1, -0.05) is 12.5 Å². The van der Waals surface area contributed by atoms with Crippen molar-refractivity contribution < 1.29 is 14.7 Å². The number of amides is 1. The van der Waals surface area contributed by atoms with Crippen LogP contribution in [-0.2, 0) is 9.59 Å². The lowest BCUT2D eigenvalue weighted by molar-refractivity contribution is -0.132. The fourth-order valence-electron chi connectivity index (χ4n) is 2.13. The fourth-order valence-corrected chi connectivity index (χ4v) is 2.13. The highest BCUT2D eigenvalue weighted by Crippen LogP contribution is 2.12. The highest BCUT2D eigenvalue weighted by molar-refractivity contribution is 5.85. The number of unbranched alkanes of at least 4 members (excludes halogenated alkanes) is 2. The van der Waals surface area contributed by atoms with E-state index in [1.807, 2.05) is 4.90 Å². The van der Waals surface area contributed by atoms with E-state index in [1.54, 1.807) is 13.0 Å². The normalized spacial score (nSPS) is 17.7. The second-order valence-corrected chi connectivity index (χ2v) is 4.88. The molecule has 1 N–H and O–H groups in total. The molecule has 1 amide bonds. The van der Waals surface area contributed by atoms with E-state index in [1.165, 1.54) is 0 Å². The largest absolute Gasteiger partial charge is 0.478 e. The van der Waals surface area contributed by atoms with Crippen molar-refractivity contribution in [2.24, 2.45) is 0 Å². The summed E-state index contributed by atoms with van der Waals surface area (Å²) in [5.74, 6) is -0.567. The van der Waals surface area contributed by atoms with E-state index >= 15 is 0 Å². The molecular weight excluding hydrogens is 230 g/mol. The molecule has 0 aromatic rings. The predicted molar refractivity (Wildman–Crippen MR) is 70.3 cm³/mol. The second kappa shape index (κ2) is 7.90. The van der Waals surface area contributed by atoms with Crippen molar-refractivity contribution in [3.63, 3.8) is 0 Å². The summed E-state index contributed by atoms with van der Waals surface area (Å²) in [6.07, 6.45) is 8.41. The molecule has 0 unspecified atom stereocenters. The number of rotatable bonds is 6. The first kappa shape index (κ1) is 14.7. The summed E-state index contributed by atoms with van der Waals surface area (Å²) in [5.41, 5.74) is 0.404. The Balaban J connectivity index is 2.19. The smallest absolute Gasteiger partial charge is 0.330 e. The van der Waals surface area contributed by atoms with Gasteiger partial charge in [-0.15, -0.1) is 0 Å². The number of carboxylic acid groups (broad SMARTS) is 1. The molecular formula is C14H23NO3. The van der Waals surface area contributed by atoms with Crippen LogP contribution in [0.5, 0.6) is 0 Å². The minimum absolute atomic E-state index is 0.282. The Hall–Kier alpha value is -1.32. The molecule has 1 aliphatic heterocycles.